The van der Waals surface area contributed by atoms with Crippen LogP contribution in [0.15, 0.2) is 97.2 Å². The second kappa shape index (κ2) is 64.2. The summed E-state index contributed by atoms with van der Waals surface area (Å²) in [7, 11) is 5.93. The second-order valence-corrected chi connectivity index (χ2v) is 24.1. The van der Waals surface area contributed by atoms with E-state index in [1.807, 2.05) is 21.1 Å². The average molecular weight is 1160 g/mol. The average Bonchev–Trinajstić information content (AvgIpc) is 3.46. The highest BCUT2D eigenvalue weighted by molar-refractivity contribution is 5.70. The molecule has 0 spiro atoms. The van der Waals surface area contributed by atoms with Crippen LogP contribution in [0.5, 0.6) is 0 Å². The minimum atomic E-state index is -1.63. The Bertz CT molecular complexity index is 1680. The minimum absolute atomic E-state index is 0.144. The summed E-state index contributed by atoms with van der Waals surface area (Å²) in [6, 6.07) is 0. The van der Waals surface area contributed by atoms with E-state index < -0.39 is 24.3 Å². The van der Waals surface area contributed by atoms with Crippen LogP contribution < -0.4 is 5.11 Å². The summed E-state index contributed by atoms with van der Waals surface area (Å²) in [5, 5.41) is 11.8. The van der Waals surface area contributed by atoms with Crippen LogP contribution in [0.3, 0.4) is 0 Å². The summed E-state index contributed by atoms with van der Waals surface area (Å²) >= 11 is 0. The molecule has 2 unspecified atom stereocenters. The number of likely N-dealkylation sites (N-methyl/N-ethyl adjacent to an activating group) is 1. The molecule has 0 aliphatic rings. The van der Waals surface area contributed by atoms with E-state index >= 15 is 0 Å². The Morgan fingerprint density at radius 2 is 0.687 bits per heavy atom. The number of hydrogen-bond donors (Lipinski definition) is 0. The molecule has 0 aliphatic heterocycles. The van der Waals surface area contributed by atoms with Crippen molar-refractivity contribution in [2.75, 3.05) is 47.5 Å². The molecule has 0 saturated carbocycles. The van der Waals surface area contributed by atoms with Crippen LogP contribution in [-0.4, -0.2) is 82.3 Å². The first-order valence-corrected chi connectivity index (χ1v) is 34.4. The molecule has 0 amide bonds. The largest absolute Gasteiger partial charge is 0.545 e. The molecule has 0 saturated heterocycles. The number of quaternary nitrogens is 1. The number of hydrogen-bond acceptors (Lipinski definition) is 8. The summed E-state index contributed by atoms with van der Waals surface area (Å²) in [5.74, 6) is -2.28. The molecule has 0 aromatic carbocycles. The van der Waals surface area contributed by atoms with Crippen molar-refractivity contribution in [3.63, 3.8) is 0 Å². The lowest BCUT2D eigenvalue weighted by Gasteiger charge is -2.26. The molecule has 0 fully saturated rings. The number of carbonyl (C=O) groups excluding carboxylic acids is 3. The Hall–Kier alpha value is -3.79. The van der Waals surface area contributed by atoms with Crippen LogP contribution >= 0.6 is 0 Å². The molecule has 0 bridgehead atoms. The second-order valence-electron chi connectivity index (χ2n) is 24.1. The van der Waals surface area contributed by atoms with Crippen molar-refractivity contribution in [2.45, 2.75) is 309 Å². The lowest BCUT2D eigenvalue weighted by molar-refractivity contribution is -0.870. The van der Waals surface area contributed by atoms with Crippen LogP contribution in [0.4, 0.5) is 0 Å². The van der Waals surface area contributed by atoms with E-state index in [-0.39, 0.29) is 38.6 Å². The Morgan fingerprint density at radius 3 is 1.02 bits per heavy atom. The maximum atomic E-state index is 12.9. The molecular formula is C74H129NO8. The molecule has 0 aliphatic carbocycles. The normalized spacial score (nSPS) is 13.3. The maximum Gasteiger partial charge on any atom is 0.306 e. The fourth-order valence-electron chi connectivity index (χ4n) is 9.57. The number of carbonyl (C=O) groups is 3. The highest BCUT2D eigenvalue weighted by Gasteiger charge is 2.22. The number of ether oxygens (including phenoxy) is 4. The number of esters is 2. The van der Waals surface area contributed by atoms with Crippen molar-refractivity contribution >= 4 is 17.9 Å². The molecule has 9 heteroatoms. The molecule has 0 aromatic rings. The van der Waals surface area contributed by atoms with Gasteiger partial charge >= 0.3 is 11.9 Å². The fraction of sp³-hybridized carbons (Fsp3) is 0.743. The topological polar surface area (TPSA) is 111 Å². The highest BCUT2D eigenvalue weighted by atomic mass is 16.7. The van der Waals surface area contributed by atoms with Gasteiger partial charge in [0, 0.05) is 12.8 Å². The van der Waals surface area contributed by atoms with Crippen LogP contribution in [0.1, 0.15) is 296 Å². The predicted octanol–water partition coefficient (Wildman–Crippen LogP) is 19.9. The van der Waals surface area contributed by atoms with Crippen LogP contribution in [0, 0.1) is 0 Å². The molecule has 0 radical (unpaired) electrons. The van der Waals surface area contributed by atoms with Gasteiger partial charge in [-0.25, -0.2) is 0 Å². The number of allylic oxidation sites excluding steroid dienone is 16. The summed E-state index contributed by atoms with van der Waals surface area (Å²) < 4.78 is 22.8. The minimum Gasteiger partial charge on any atom is -0.545 e. The Morgan fingerprint density at radius 1 is 0.373 bits per heavy atom. The van der Waals surface area contributed by atoms with Gasteiger partial charge in [-0.05, 0) is 96.3 Å². The molecule has 478 valence electrons. The van der Waals surface area contributed by atoms with Crippen LogP contribution in [-0.2, 0) is 33.3 Å². The van der Waals surface area contributed by atoms with Crippen molar-refractivity contribution in [1.82, 2.24) is 0 Å². The van der Waals surface area contributed by atoms with Gasteiger partial charge in [-0.2, -0.15) is 0 Å². The SMILES string of the molecule is CC/C=C\C/C=C\C/C=C\C/C=C\C/C=C\C/C=C\CCCCCCCCCCCCC(=O)OC(COC(=O)CCCCCCCCCCCCCCCCCCC/C=C\C/C=C\CCCCCCC)COC(OCC[N+](C)(C)C)C(=O)[O-]. The van der Waals surface area contributed by atoms with E-state index in [0.29, 0.717) is 17.4 Å². The predicted molar refractivity (Wildman–Crippen MR) is 352 cm³/mol. The van der Waals surface area contributed by atoms with E-state index in [1.54, 1.807) is 0 Å². The van der Waals surface area contributed by atoms with Gasteiger partial charge in [0.15, 0.2) is 12.4 Å². The highest BCUT2D eigenvalue weighted by Crippen LogP contribution is 2.17. The van der Waals surface area contributed by atoms with E-state index in [0.717, 1.165) is 89.9 Å². The third kappa shape index (κ3) is 65.6. The number of carboxylic acid groups (broad SMARTS) is 1. The zero-order chi connectivity index (χ0) is 60.5. The van der Waals surface area contributed by atoms with Crippen molar-refractivity contribution in [3.05, 3.63) is 97.2 Å². The zero-order valence-electron chi connectivity index (χ0n) is 54.5. The Balaban J connectivity index is 4.15. The van der Waals surface area contributed by atoms with Crippen molar-refractivity contribution < 1.29 is 42.9 Å². The molecular weight excluding hydrogens is 1030 g/mol. The number of carboxylic acids is 1. The summed E-state index contributed by atoms with van der Waals surface area (Å²) in [5.41, 5.74) is 0. The monoisotopic (exact) mass is 1160 g/mol. The molecule has 0 heterocycles. The maximum absolute atomic E-state index is 12.9. The van der Waals surface area contributed by atoms with Gasteiger partial charge in [-0.1, -0.05) is 284 Å². The first-order valence-electron chi connectivity index (χ1n) is 34.4. The van der Waals surface area contributed by atoms with E-state index in [2.05, 4.69) is 111 Å². The van der Waals surface area contributed by atoms with Gasteiger partial charge in [0.2, 0.25) is 0 Å². The van der Waals surface area contributed by atoms with E-state index in [1.165, 1.54) is 173 Å². The summed E-state index contributed by atoms with van der Waals surface area (Å²) in [4.78, 5) is 37.5. The van der Waals surface area contributed by atoms with Gasteiger partial charge in [0.1, 0.15) is 13.2 Å². The molecule has 83 heavy (non-hydrogen) atoms. The number of aliphatic carboxylic acids is 1. The number of unbranched alkanes of at least 4 members (excludes halogenated alkanes) is 32. The zero-order valence-corrected chi connectivity index (χ0v) is 54.5. The Labute approximate surface area is 512 Å². The Kier molecular flexibility index (Phi) is 61.3. The summed E-state index contributed by atoms with van der Waals surface area (Å²) in [6.45, 7) is 4.64. The van der Waals surface area contributed by atoms with Crippen LogP contribution in [0.2, 0.25) is 0 Å². The molecule has 0 aromatic heterocycles. The standard InChI is InChI=1S/C74H129NO8/c1-6-8-10-12-14-16-18-20-22-24-26-28-30-32-34-36-38-40-42-44-46-48-50-52-54-56-58-60-62-64-71(76)81-68-70(69-82-74(73(78)79)80-67-66-75(3,4)5)83-72(77)65-63-61-59-57-55-53-51-49-47-45-43-41-39-37-35-33-31-29-27-25-23-21-19-17-15-13-11-9-7-2/h9,11,15,17-18,20-21,23-24,26-27,29,33,35,39,41,70,74H,6-8,10,12-14,16,19,22,25,28,30-32,34,36-38,40,42-69H2,1-5H3/b11-9-,17-15-,20-18-,23-21-,26-24-,29-27-,35-33-,41-39-. The first kappa shape index (κ1) is 79.2. The fourth-order valence-corrected chi connectivity index (χ4v) is 9.57. The van der Waals surface area contributed by atoms with E-state index in [4.69, 9.17) is 18.9 Å². The van der Waals surface area contributed by atoms with Crippen molar-refractivity contribution in [2.24, 2.45) is 0 Å². The van der Waals surface area contributed by atoms with Gasteiger partial charge in [-0.3, -0.25) is 9.59 Å². The smallest absolute Gasteiger partial charge is 0.306 e. The molecule has 2 atom stereocenters. The molecule has 0 N–H and O–H groups in total. The van der Waals surface area contributed by atoms with Crippen molar-refractivity contribution in [1.29, 1.82) is 0 Å². The van der Waals surface area contributed by atoms with Gasteiger partial charge in [0.05, 0.1) is 40.3 Å². The van der Waals surface area contributed by atoms with Crippen LogP contribution in [0.25, 0.3) is 0 Å². The third-order valence-electron chi connectivity index (χ3n) is 14.8. The quantitative estimate of drug-likeness (QED) is 0.0195. The van der Waals surface area contributed by atoms with Gasteiger partial charge in [0.25, 0.3) is 0 Å². The van der Waals surface area contributed by atoms with Gasteiger partial charge < -0.3 is 33.3 Å². The first-order chi connectivity index (χ1) is 40.6. The molecule has 0 rings (SSSR count). The summed E-state index contributed by atoms with van der Waals surface area (Å²) in [6.07, 6.45) is 84.8. The van der Waals surface area contributed by atoms with E-state index in [9.17, 15) is 19.5 Å². The number of rotatable bonds is 63. The number of nitrogens with zero attached hydrogens (tertiary/aromatic N) is 1. The molecule has 9 nitrogen and oxygen atoms in total. The third-order valence-corrected chi connectivity index (χ3v) is 14.8. The lowest BCUT2D eigenvalue weighted by Crippen LogP contribution is -2.44. The van der Waals surface area contributed by atoms with Crippen molar-refractivity contribution in [3.8, 4) is 0 Å². The lowest BCUT2D eigenvalue weighted by atomic mass is 10.0. The van der Waals surface area contributed by atoms with Gasteiger partial charge in [-0.15, -0.1) is 0 Å².